The Morgan fingerprint density at radius 2 is 0.833 bits per heavy atom. The highest BCUT2D eigenvalue weighted by molar-refractivity contribution is 7.45. The van der Waals surface area contributed by atoms with Gasteiger partial charge in [-0.3, -0.25) is 14.2 Å². The molecule has 0 heterocycles. The third-order valence-corrected chi connectivity index (χ3v) is 11.1. The zero-order valence-electron chi connectivity index (χ0n) is 36.2. The van der Waals surface area contributed by atoms with Crippen molar-refractivity contribution in [3.8, 4) is 0 Å². The van der Waals surface area contributed by atoms with Crippen molar-refractivity contribution >= 4 is 19.8 Å². The molecule has 10 heteroatoms. The molecule has 0 aromatic heterocycles. The first kappa shape index (κ1) is 53.0. The number of carbonyl (C=O) groups is 2. The van der Waals surface area contributed by atoms with Gasteiger partial charge >= 0.3 is 11.9 Å². The molecule has 1 unspecified atom stereocenters. The summed E-state index contributed by atoms with van der Waals surface area (Å²) in [6.45, 7) is 4.27. The van der Waals surface area contributed by atoms with Gasteiger partial charge in [0.15, 0.2) is 6.10 Å². The van der Waals surface area contributed by atoms with Crippen molar-refractivity contribution in [1.82, 2.24) is 0 Å². The molecule has 322 valence electrons. The summed E-state index contributed by atoms with van der Waals surface area (Å²) in [7, 11) is 1.18. The molecule has 0 N–H and O–H groups in total. The van der Waals surface area contributed by atoms with Crippen molar-refractivity contribution in [2.75, 3.05) is 47.5 Å². The zero-order valence-corrected chi connectivity index (χ0v) is 37.1. The van der Waals surface area contributed by atoms with Crippen LogP contribution < -0.4 is 4.89 Å². The van der Waals surface area contributed by atoms with E-state index in [-0.39, 0.29) is 32.0 Å². The number of rotatable bonds is 42. The predicted octanol–water partition coefficient (Wildman–Crippen LogP) is 12.2. The molecule has 2 atom stereocenters. The van der Waals surface area contributed by atoms with E-state index in [4.69, 9.17) is 18.5 Å². The second kappa shape index (κ2) is 37.6. The number of nitrogens with zero attached hydrogens (tertiary/aromatic N) is 1. The predicted molar refractivity (Wildman–Crippen MR) is 222 cm³/mol. The number of unbranched alkanes of at least 4 members (excludes halogenated alkanes) is 28. The Morgan fingerprint density at radius 1 is 0.500 bits per heavy atom. The molecule has 54 heavy (non-hydrogen) atoms. The topological polar surface area (TPSA) is 111 Å². The highest BCUT2D eigenvalue weighted by atomic mass is 31.2. The van der Waals surface area contributed by atoms with E-state index >= 15 is 0 Å². The monoisotopic (exact) mass is 792 g/mol. The van der Waals surface area contributed by atoms with Crippen LogP contribution in [-0.2, 0) is 32.7 Å². The molecule has 0 fully saturated rings. The van der Waals surface area contributed by atoms with E-state index in [9.17, 15) is 19.0 Å². The number of hydrogen-bond donors (Lipinski definition) is 0. The van der Waals surface area contributed by atoms with Crippen LogP contribution in [0.4, 0.5) is 0 Å². The second-order valence-electron chi connectivity index (χ2n) is 16.8. The fourth-order valence-electron chi connectivity index (χ4n) is 6.54. The Labute approximate surface area is 334 Å². The minimum absolute atomic E-state index is 0.0256. The lowest BCUT2D eigenvalue weighted by Crippen LogP contribution is -2.37. The van der Waals surface area contributed by atoms with Gasteiger partial charge in [-0.15, -0.1) is 0 Å². The lowest BCUT2D eigenvalue weighted by Gasteiger charge is -2.28. The minimum Gasteiger partial charge on any atom is -0.756 e. The van der Waals surface area contributed by atoms with Gasteiger partial charge in [-0.25, -0.2) is 0 Å². The molecule has 9 nitrogen and oxygen atoms in total. The first-order chi connectivity index (χ1) is 26.0. The van der Waals surface area contributed by atoms with Crippen LogP contribution in [0.1, 0.15) is 219 Å². The van der Waals surface area contributed by atoms with E-state index in [1.54, 1.807) is 0 Å². The van der Waals surface area contributed by atoms with Gasteiger partial charge in [-0.1, -0.05) is 194 Å². The van der Waals surface area contributed by atoms with Gasteiger partial charge in [-0.05, 0) is 12.8 Å². The van der Waals surface area contributed by atoms with E-state index < -0.39 is 26.5 Å². The van der Waals surface area contributed by atoms with E-state index in [2.05, 4.69) is 13.8 Å². The molecule has 0 aliphatic rings. The molecule has 0 bridgehead atoms. The number of hydrogen-bond acceptors (Lipinski definition) is 8. The normalized spacial score (nSPS) is 13.5. The fraction of sp³-hybridized carbons (Fsp3) is 0.955. The molecule has 0 rings (SSSR count). The van der Waals surface area contributed by atoms with E-state index in [0.29, 0.717) is 17.4 Å². The Bertz CT molecular complexity index is 896. The summed E-state index contributed by atoms with van der Waals surface area (Å²) >= 11 is 0. The van der Waals surface area contributed by atoms with Crippen molar-refractivity contribution in [2.24, 2.45) is 0 Å². The summed E-state index contributed by atoms with van der Waals surface area (Å²) < 4.78 is 33.9. The van der Waals surface area contributed by atoms with Crippen molar-refractivity contribution < 1.29 is 42.1 Å². The summed E-state index contributed by atoms with van der Waals surface area (Å²) in [5, 5.41) is 0. The lowest BCUT2D eigenvalue weighted by molar-refractivity contribution is -0.870. The standard InChI is InChI=1S/C44H88NO8P/c1-6-8-10-12-14-16-18-20-22-24-26-28-30-32-34-36-43(46)50-40-42(41-52-54(48,49)51-39-38-45(3,4)5)53-44(47)37-35-33-31-29-27-25-23-21-19-17-15-13-11-9-7-2/h42H,6-41H2,1-5H3/t42-/m1/s1/i43+1,44+1. The average molecular weight is 792 g/mol. The number of likely N-dealkylation sites (N-methyl/N-ethyl adjacent to an activating group) is 1. The SMILES string of the molecule is CCCCCCCCCCCCCCCCC[13C](=O)OC[C@H](COP(=O)([O-])OCC[N+](C)(C)C)O[13C](=O)CCCCCCCCCCCCCCCCC. The lowest BCUT2D eigenvalue weighted by atomic mass is 10.0. The number of esters is 2. The van der Waals surface area contributed by atoms with Crippen LogP contribution in [0.3, 0.4) is 0 Å². The van der Waals surface area contributed by atoms with E-state index in [0.717, 1.165) is 32.1 Å². The van der Waals surface area contributed by atoms with E-state index in [1.165, 1.54) is 154 Å². The molecule has 0 amide bonds. The molecule has 0 aliphatic carbocycles. The maximum absolute atomic E-state index is 12.7. The largest absolute Gasteiger partial charge is 0.756 e. The maximum Gasteiger partial charge on any atom is 0.306 e. The number of quaternary nitrogens is 1. The van der Waals surface area contributed by atoms with Crippen molar-refractivity contribution in [3.05, 3.63) is 0 Å². The van der Waals surface area contributed by atoms with Gasteiger partial charge in [0.25, 0.3) is 7.82 Å². The fourth-order valence-corrected chi connectivity index (χ4v) is 7.27. The number of carbonyl (C=O) groups excluding carboxylic acids is 2. The summed E-state index contributed by atoms with van der Waals surface area (Å²) in [5.74, 6) is -0.818. The second-order valence-corrected chi connectivity index (χ2v) is 18.2. The summed E-state index contributed by atoms with van der Waals surface area (Å²) in [6.07, 6.45) is 36.9. The van der Waals surface area contributed by atoms with Crippen LogP contribution in [-0.4, -0.2) is 70.0 Å². The van der Waals surface area contributed by atoms with Crippen LogP contribution in [0.2, 0.25) is 0 Å². The zero-order chi connectivity index (χ0) is 40.0. The van der Waals surface area contributed by atoms with Crippen LogP contribution in [0, 0.1) is 0 Å². The van der Waals surface area contributed by atoms with Gasteiger partial charge in [-0.2, -0.15) is 0 Å². The number of ether oxygens (including phenoxy) is 2. The first-order valence-corrected chi connectivity index (χ1v) is 24.2. The summed E-state index contributed by atoms with van der Waals surface area (Å²) in [4.78, 5) is 37.5. The highest BCUT2D eigenvalue weighted by Gasteiger charge is 2.21. The molecule has 0 aliphatic heterocycles. The average Bonchev–Trinajstić information content (AvgIpc) is 3.12. The molecular formula is C44H88NO8P. The molecule has 0 saturated heterocycles. The third kappa shape index (κ3) is 40.7. The first-order valence-electron chi connectivity index (χ1n) is 22.7. The van der Waals surface area contributed by atoms with Crippen LogP contribution in [0.15, 0.2) is 0 Å². The van der Waals surface area contributed by atoms with Crippen LogP contribution in [0.25, 0.3) is 0 Å². The molecule has 0 radical (unpaired) electrons. The number of phosphoric acid groups is 1. The Balaban J connectivity index is 4.30. The number of phosphoric ester groups is 1. The minimum atomic E-state index is -4.62. The van der Waals surface area contributed by atoms with Gasteiger partial charge < -0.3 is 27.9 Å². The molecular weight excluding hydrogens is 703 g/mol. The van der Waals surface area contributed by atoms with Gasteiger partial charge in [0.1, 0.15) is 19.8 Å². The summed E-state index contributed by atoms with van der Waals surface area (Å²) in [6, 6.07) is 0. The molecule has 0 saturated carbocycles. The Hall–Kier alpha value is -0.990. The Kier molecular flexibility index (Phi) is 36.9. The maximum atomic E-state index is 12.7. The summed E-state index contributed by atoms with van der Waals surface area (Å²) in [5.41, 5.74) is 0. The van der Waals surface area contributed by atoms with Gasteiger partial charge in [0.2, 0.25) is 0 Å². The Morgan fingerprint density at radius 3 is 1.19 bits per heavy atom. The molecule has 0 aromatic rings. The highest BCUT2D eigenvalue weighted by Crippen LogP contribution is 2.38. The van der Waals surface area contributed by atoms with Gasteiger partial charge in [0.05, 0.1) is 27.7 Å². The van der Waals surface area contributed by atoms with E-state index in [1.807, 2.05) is 21.1 Å². The van der Waals surface area contributed by atoms with Crippen LogP contribution >= 0.6 is 7.82 Å². The smallest absolute Gasteiger partial charge is 0.306 e. The quantitative estimate of drug-likeness (QED) is 0.0197. The molecule has 0 spiro atoms. The molecule has 0 aromatic carbocycles. The van der Waals surface area contributed by atoms with Crippen molar-refractivity contribution in [2.45, 2.75) is 225 Å². The third-order valence-electron chi connectivity index (χ3n) is 10.1. The van der Waals surface area contributed by atoms with Crippen molar-refractivity contribution in [1.29, 1.82) is 0 Å². The van der Waals surface area contributed by atoms with Crippen LogP contribution in [0.5, 0.6) is 0 Å². The van der Waals surface area contributed by atoms with Crippen molar-refractivity contribution in [3.63, 3.8) is 0 Å². The van der Waals surface area contributed by atoms with Gasteiger partial charge in [0, 0.05) is 12.8 Å².